The molecule has 126 valence electrons. The molecule has 1 saturated carbocycles. The van der Waals surface area contributed by atoms with E-state index in [4.69, 9.17) is 9.84 Å². The number of aliphatic carboxylic acids is 1. The van der Waals surface area contributed by atoms with Crippen LogP contribution >= 0.6 is 11.8 Å². The molecule has 0 spiro atoms. The van der Waals surface area contributed by atoms with Crippen molar-refractivity contribution in [1.29, 1.82) is 0 Å². The summed E-state index contributed by atoms with van der Waals surface area (Å²) in [5.41, 5.74) is 1.97. The number of ether oxygens (including phenoxy) is 1. The Hall–Kier alpha value is -2.01. The number of carboxylic acids is 1. The minimum atomic E-state index is -0.735. The molecular formula is C19H21NO3S. The molecule has 2 aromatic rings. The van der Waals surface area contributed by atoms with Gasteiger partial charge in [0.05, 0.1) is 5.69 Å². The van der Waals surface area contributed by atoms with Gasteiger partial charge in [0.25, 0.3) is 0 Å². The molecule has 0 unspecified atom stereocenters. The van der Waals surface area contributed by atoms with Crippen LogP contribution < -0.4 is 4.74 Å². The van der Waals surface area contributed by atoms with E-state index in [0.717, 1.165) is 34.7 Å². The Balaban J connectivity index is 1.58. The maximum Gasteiger partial charge on any atom is 0.303 e. The predicted octanol–water partition coefficient (Wildman–Crippen LogP) is 4.64. The van der Waals surface area contributed by atoms with E-state index in [0.29, 0.717) is 18.4 Å². The van der Waals surface area contributed by atoms with Crippen LogP contribution in [0.25, 0.3) is 11.3 Å². The standard InChI is InChI=1S/C19H21NO3S/c21-19(22)8-3-13-24-16-11-9-14(10-12-16)17-6-2-7-18(20-17)23-15-4-1-5-15/h2,6-7,9-12,15H,1,3-5,8,13H2,(H,21,22). The van der Waals surface area contributed by atoms with Crippen molar-refractivity contribution in [2.75, 3.05) is 5.75 Å². The fourth-order valence-corrected chi connectivity index (χ4v) is 3.29. The first-order chi connectivity index (χ1) is 11.7. The fourth-order valence-electron chi connectivity index (χ4n) is 2.44. The molecule has 0 bridgehead atoms. The third-order valence-electron chi connectivity index (χ3n) is 4.02. The van der Waals surface area contributed by atoms with Crippen LogP contribution in [0.2, 0.25) is 0 Å². The summed E-state index contributed by atoms with van der Waals surface area (Å²) < 4.78 is 5.86. The molecule has 1 aliphatic rings. The molecule has 24 heavy (non-hydrogen) atoms. The summed E-state index contributed by atoms with van der Waals surface area (Å²) in [6, 6.07) is 14.1. The minimum absolute atomic E-state index is 0.225. The zero-order chi connectivity index (χ0) is 16.8. The number of carbonyl (C=O) groups is 1. The second-order valence-corrected chi connectivity index (χ2v) is 7.07. The number of rotatable bonds is 8. The summed E-state index contributed by atoms with van der Waals surface area (Å²) in [6.45, 7) is 0. The van der Waals surface area contributed by atoms with Crippen LogP contribution in [0, 0.1) is 0 Å². The van der Waals surface area contributed by atoms with Crippen LogP contribution in [-0.4, -0.2) is 27.9 Å². The van der Waals surface area contributed by atoms with Crippen LogP contribution in [0.1, 0.15) is 32.1 Å². The number of hydrogen-bond acceptors (Lipinski definition) is 4. The summed E-state index contributed by atoms with van der Waals surface area (Å²) in [4.78, 5) is 16.2. The van der Waals surface area contributed by atoms with E-state index in [1.165, 1.54) is 6.42 Å². The molecule has 0 saturated heterocycles. The van der Waals surface area contributed by atoms with Gasteiger partial charge in [-0.3, -0.25) is 4.79 Å². The zero-order valence-electron chi connectivity index (χ0n) is 13.5. The van der Waals surface area contributed by atoms with Gasteiger partial charge in [0.15, 0.2) is 0 Å². The normalized spacial score (nSPS) is 14.2. The average Bonchev–Trinajstić information content (AvgIpc) is 2.56. The number of pyridine rings is 1. The van der Waals surface area contributed by atoms with Crippen molar-refractivity contribution in [3.63, 3.8) is 0 Å². The van der Waals surface area contributed by atoms with Gasteiger partial charge in [-0.15, -0.1) is 11.8 Å². The zero-order valence-corrected chi connectivity index (χ0v) is 14.3. The quantitative estimate of drug-likeness (QED) is 0.559. The lowest BCUT2D eigenvalue weighted by molar-refractivity contribution is -0.137. The summed E-state index contributed by atoms with van der Waals surface area (Å²) in [5.74, 6) is 0.777. The monoisotopic (exact) mass is 343 g/mol. The molecule has 0 radical (unpaired) electrons. The number of nitrogens with zero attached hydrogens (tertiary/aromatic N) is 1. The minimum Gasteiger partial charge on any atom is -0.481 e. The van der Waals surface area contributed by atoms with E-state index in [-0.39, 0.29) is 6.42 Å². The molecule has 1 fully saturated rings. The molecule has 0 amide bonds. The molecule has 1 N–H and O–H groups in total. The SMILES string of the molecule is O=C(O)CCCSc1ccc(-c2cccc(OC3CCC3)n2)cc1. The molecule has 3 rings (SSSR count). The number of benzene rings is 1. The van der Waals surface area contributed by atoms with Crippen molar-refractivity contribution in [3.8, 4) is 17.1 Å². The van der Waals surface area contributed by atoms with Crippen molar-refractivity contribution in [1.82, 2.24) is 4.98 Å². The Labute approximate surface area is 146 Å². The van der Waals surface area contributed by atoms with Gasteiger partial charge in [-0.2, -0.15) is 0 Å². The largest absolute Gasteiger partial charge is 0.481 e. The van der Waals surface area contributed by atoms with Gasteiger partial charge in [0.1, 0.15) is 6.10 Å². The third-order valence-corrected chi connectivity index (χ3v) is 5.12. The van der Waals surface area contributed by atoms with Crippen molar-refractivity contribution in [3.05, 3.63) is 42.5 Å². The molecule has 1 aromatic heterocycles. The predicted molar refractivity (Wildman–Crippen MR) is 95.5 cm³/mol. The second kappa shape index (κ2) is 8.20. The summed E-state index contributed by atoms with van der Waals surface area (Å²) in [7, 11) is 0. The fraction of sp³-hybridized carbons (Fsp3) is 0.368. The molecule has 0 aliphatic heterocycles. The smallest absolute Gasteiger partial charge is 0.303 e. The lowest BCUT2D eigenvalue weighted by Gasteiger charge is -2.25. The van der Waals surface area contributed by atoms with Crippen LogP contribution in [0.4, 0.5) is 0 Å². The van der Waals surface area contributed by atoms with Gasteiger partial charge < -0.3 is 9.84 Å². The highest BCUT2D eigenvalue weighted by molar-refractivity contribution is 7.99. The highest BCUT2D eigenvalue weighted by atomic mass is 32.2. The van der Waals surface area contributed by atoms with Crippen molar-refractivity contribution in [2.24, 2.45) is 0 Å². The van der Waals surface area contributed by atoms with Gasteiger partial charge in [0.2, 0.25) is 5.88 Å². The van der Waals surface area contributed by atoms with Gasteiger partial charge in [-0.25, -0.2) is 4.98 Å². The molecule has 5 heteroatoms. The highest BCUT2D eigenvalue weighted by Crippen LogP contribution is 2.27. The first kappa shape index (κ1) is 16.8. The number of hydrogen-bond donors (Lipinski definition) is 1. The van der Waals surface area contributed by atoms with Gasteiger partial charge in [-0.1, -0.05) is 18.2 Å². The van der Waals surface area contributed by atoms with Crippen LogP contribution in [-0.2, 0) is 4.79 Å². The first-order valence-corrected chi connectivity index (χ1v) is 9.28. The topological polar surface area (TPSA) is 59.4 Å². The lowest BCUT2D eigenvalue weighted by Crippen LogP contribution is -2.24. The Morgan fingerprint density at radius 3 is 2.67 bits per heavy atom. The Bertz CT molecular complexity index is 683. The van der Waals surface area contributed by atoms with E-state index in [2.05, 4.69) is 29.2 Å². The highest BCUT2D eigenvalue weighted by Gasteiger charge is 2.19. The third kappa shape index (κ3) is 4.74. The first-order valence-electron chi connectivity index (χ1n) is 8.29. The van der Waals surface area contributed by atoms with Crippen LogP contribution in [0.3, 0.4) is 0 Å². The summed E-state index contributed by atoms with van der Waals surface area (Å²) in [5, 5.41) is 8.64. The van der Waals surface area contributed by atoms with E-state index < -0.39 is 5.97 Å². The molecule has 4 nitrogen and oxygen atoms in total. The molecule has 1 heterocycles. The van der Waals surface area contributed by atoms with Crippen LogP contribution in [0.5, 0.6) is 5.88 Å². The maximum atomic E-state index is 10.5. The average molecular weight is 343 g/mol. The molecule has 0 atom stereocenters. The Morgan fingerprint density at radius 2 is 2.00 bits per heavy atom. The number of thioether (sulfide) groups is 1. The summed E-state index contributed by atoms with van der Waals surface area (Å²) in [6.07, 6.45) is 4.74. The van der Waals surface area contributed by atoms with Crippen molar-refractivity contribution in [2.45, 2.75) is 43.1 Å². The van der Waals surface area contributed by atoms with Crippen molar-refractivity contribution < 1.29 is 14.6 Å². The lowest BCUT2D eigenvalue weighted by atomic mass is 9.96. The van der Waals surface area contributed by atoms with E-state index >= 15 is 0 Å². The van der Waals surface area contributed by atoms with E-state index in [1.54, 1.807) is 11.8 Å². The van der Waals surface area contributed by atoms with Crippen LogP contribution in [0.15, 0.2) is 47.4 Å². The molecule has 1 aliphatic carbocycles. The van der Waals surface area contributed by atoms with Gasteiger partial charge in [0, 0.05) is 22.9 Å². The van der Waals surface area contributed by atoms with Gasteiger partial charge >= 0.3 is 5.97 Å². The molecule has 1 aromatic carbocycles. The number of carboxylic acid groups (broad SMARTS) is 1. The molecular weight excluding hydrogens is 322 g/mol. The Morgan fingerprint density at radius 1 is 1.21 bits per heavy atom. The maximum absolute atomic E-state index is 10.5. The number of aromatic nitrogens is 1. The summed E-state index contributed by atoms with van der Waals surface area (Å²) >= 11 is 1.68. The Kier molecular flexibility index (Phi) is 5.75. The van der Waals surface area contributed by atoms with E-state index in [1.807, 2.05) is 18.2 Å². The van der Waals surface area contributed by atoms with Crippen molar-refractivity contribution >= 4 is 17.7 Å². The van der Waals surface area contributed by atoms with E-state index in [9.17, 15) is 4.79 Å². The second-order valence-electron chi connectivity index (χ2n) is 5.90. The van der Waals surface area contributed by atoms with Gasteiger partial charge in [-0.05, 0) is 49.6 Å².